The number of carbonyl (C=O) groups excluding carboxylic acids is 2. The SMILES string of the molecule is CC(C)[C@@H](C)S[C@@H](C)C(=O)NC(=O)NC1CC1. The summed E-state index contributed by atoms with van der Waals surface area (Å²) in [4.78, 5) is 23.1. The smallest absolute Gasteiger partial charge is 0.321 e. The number of carbonyl (C=O) groups is 2. The minimum Gasteiger partial charge on any atom is -0.335 e. The van der Waals surface area contributed by atoms with Gasteiger partial charge in [-0.15, -0.1) is 11.8 Å². The van der Waals surface area contributed by atoms with Gasteiger partial charge in [-0.3, -0.25) is 10.1 Å². The zero-order chi connectivity index (χ0) is 13.0. The highest BCUT2D eigenvalue weighted by atomic mass is 32.2. The van der Waals surface area contributed by atoms with E-state index in [-0.39, 0.29) is 23.2 Å². The highest BCUT2D eigenvalue weighted by Gasteiger charge is 2.25. The Morgan fingerprint density at radius 3 is 2.24 bits per heavy atom. The zero-order valence-corrected chi connectivity index (χ0v) is 11.8. The Hall–Kier alpha value is -0.710. The molecule has 0 heterocycles. The topological polar surface area (TPSA) is 58.2 Å². The fourth-order valence-corrected chi connectivity index (χ4v) is 2.34. The van der Waals surface area contributed by atoms with Crippen molar-refractivity contribution >= 4 is 23.7 Å². The first-order valence-corrected chi connectivity index (χ1v) is 7.11. The third-order valence-electron chi connectivity index (χ3n) is 2.88. The quantitative estimate of drug-likeness (QED) is 0.794. The molecular weight excluding hydrogens is 236 g/mol. The van der Waals surface area contributed by atoms with E-state index in [1.165, 1.54) is 0 Å². The third kappa shape index (κ3) is 5.44. The number of nitrogens with one attached hydrogen (secondary N) is 2. The Morgan fingerprint density at radius 2 is 1.76 bits per heavy atom. The van der Waals surface area contributed by atoms with Crippen LogP contribution in [0.15, 0.2) is 0 Å². The van der Waals surface area contributed by atoms with Gasteiger partial charge in [-0.25, -0.2) is 4.79 Å². The number of urea groups is 1. The summed E-state index contributed by atoms with van der Waals surface area (Å²) >= 11 is 1.60. The van der Waals surface area contributed by atoms with Crippen LogP contribution >= 0.6 is 11.8 Å². The van der Waals surface area contributed by atoms with Gasteiger partial charge in [0.1, 0.15) is 0 Å². The first-order chi connectivity index (χ1) is 7.90. The van der Waals surface area contributed by atoms with Gasteiger partial charge in [-0.05, 0) is 25.7 Å². The summed E-state index contributed by atoms with van der Waals surface area (Å²) in [5.41, 5.74) is 0. The molecule has 5 heteroatoms. The highest BCUT2D eigenvalue weighted by molar-refractivity contribution is 8.01. The number of thioether (sulfide) groups is 1. The summed E-state index contributed by atoms with van der Waals surface area (Å²) in [6.45, 7) is 8.19. The van der Waals surface area contributed by atoms with Crippen LogP contribution in [-0.2, 0) is 4.79 Å². The van der Waals surface area contributed by atoms with Crippen LogP contribution in [0.25, 0.3) is 0 Å². The van der Waals surface area contributed by atoms with Crippen LogP contribution in [0.5, 0.6) is 0 Å². The van der Waals surface area contributed by atoms with Crippen LogP contribution < -0.4 is 10.6 Å². The maximum absolute atomic E-state index is 11.7. The van der Waals surface area contributed by atoms with Crippen molar-refractivity contribution in [2.75, 3.05) is 0 Å². The van der Waals surface area contributed by atoms with E-state index in [4.69, 9.17) is 0 Å². The van der Waals surface area contributed by atoms with Gasteiger partial charge in [0.15, 0.2) is 0 Å². The Morgan fingerprint density at radius 1 is 1.18 bits per heavy atom. The van der Waals surface area contributed by atoms with Crippen molar-refractivity contribution in [3.63, 3.8) is 0 Å². The highest BCUT2D eigenvalue weighted by Crippen LogP contribution is 2.23. The first kappa shape index (κ1) is 14.4. The fourth-order valence-electron chi connectivity index (χ4n) is 1.20. The second kappa shape index (κ2) is 6.28. The van der Waals surface area contributed by atoms with Crippen LogP contribution in [-0.4, -0.2) is 28.5 Å². The normalized spacial score (nSPS) is 18.6. The first-order valence-electron chi connectivity index (χ1n) is 6.17. The largest absolute Gasteiger partial charge is 0.335 e. The van der Waals surface area contributed by atoms with Gasteiger partial charge >= 0.3 is 6.03 Å². The van der Waals surface area contributed by atoms with Crippen LogP contribution in [0.2, 0.25) is 0 Å². The Labute approximate surface area is 107 Å². The molecule has 0 aromatic heterocycles. The molecule has 1 fully saturated rings. The van der Waals surface area contributed by atoms with Gasteiger partial charge in [-0.1, -0.05) is 20.8 Å². The molecule has 0 saturated heterocycles. The second-order valence-corrected chi connectivity index (χ2v) is 6.69. The van der Waals surface area contributed by atoms with Crippen LogP contribution in [0.3, 0.4) is 0 Å². The molecule has 98 valence electrons. The molecule has 3 amide bonds. The summed E-state index contributed by atoms with van der Waals surface area (Å²) in [6.07, 6.45) is 2.05. The molecule has 1 saturated carbocycles. The molecule has 1 rings (SSSR count). The molecule has 0 spiro atoms. The van der Waals surface area contributed by atoms with Crippen molar-refractivity contribution in [1.82, 2.24) is 10.6 Å². The number of rotatable bonds is 5. The average molecular weight is 258 g/mol. The molecule has 0 bridgehead atoms. The maximum atomic E-state index is 11.7. The van der Waals surface area contributed by atoms with Gasteiger partial charge in [0, 0.05) is 11.3 Å². The Bertz CT molecular complexity index is 290. The number of imide groups is 1. The maximum Gasteiger partial charge on any atom is 0.321 e. The summed E-state index contributed by atoms with van der Waals surface area (Å²) < 4.78 is 0. The Balaban J connectivity index is 2.27. The lowest BCUT2D eigenvalue weighted by molar-refractivity contribution is -0.119. The van der Waals surface area contributed by atoms with Gasteiger partial charge in [0.05, 0.1) is 5.25 Å². The molecule has 2 atom stereocenters. The third-order valence-corrected chi connectivity index (χ3v) is 4.47. The predicted molar refractivity (Wildman–Crippen MR) is 71.0 cm³/mol. The monoisotopic (exact) mass is 258 g/mol. The molecule has 1 aliphatic carbocycles. The summed E-state index contributed by atoms with van der Waals surface area (Å²) in [5.74, 6) is 0.316. The van der Waals surface area contributed by atoms with Crippen molar-refractivity contribution in [3.8, 4) is 0 Å². The minimum absolute atomic E-state index is 0.197. The van der Waals surface area contributed by atoms with Gasteiger partial charge < -0.3 is 5.32 Å². The van der Waals surface area contributed by atoms with Crippen LogP contribution in [0.4, 0.5) is 4.79 Å². The van der Waals surface area contributed by atoms with E-state index in [1.54, 1.807) is 11.8 Å². The lowest BCUT2D eigenvalue weighted by Crippen LogP contribution is -2.43. The molecule has 0 radical (unpaired) electrons. The van der Waals surface area contributed by atoms with Crippen molar-refractivity contribution in [3.05, 3.63) is 0 Å². The second-order valence-electron chi connectivity index (χ2n) is 4.96. The van der Waals surface area contributed by atoms with E-state index in [9.17, 15) is 9.59 Å². The van der Waals surface area contributed by atoms with Gasteiger partial charge in [-0.2, -0.15) is 0 Å². The van der Waals surface area contributed by atoms with E-state index in [2.05, 4.69) is 31.4 Å². The standard InChI is InChI=1S/C12H22N2O2S/c1-7(2)8(3)17-9(4)11(15)14-12(16)13-10-5-6-10/h7-10H,5-6H2,1-4H3,(H2,13,14,15,16)/t8-,9+/m1/s1. The summed E-state index contributed by atoms with van der Waals surface area (Å²) in [7, 11) is 0. The lowest BCUT2D eigenvalue weighted by atomic mass is 10.2. The molecule has 1 aliphatic rings. The van der Waals surface area contributed by atoms with Crippen molar-refractivity contribution in [1.29, 1.82) is 0 Å². The summed E-state index contributed by atoms with van der Waals surface area (Å²) in [5, 5.41) is 5.33. The van der Waals surface area contributed by atoms with E-state index < -0.39 is 0 Å². The lowest BCUT2D eigenvalue weighted by Gasteiger charge is -2.19. The van der Waals surface area contributed by atoms with E-state index in [0.717, 1.165) is 12.8 Å². The Kier molecular flexibility index (Phi) is 5.31. The van der Waals surface area contributed by atoms with E-state index in [1.807, 2.05) is 6.92 Å². The molecule has 17 heavy (non-hydrogen) atoms. The van der Waals surface area contributed by atoms with Crippen LogP contribution in [0, 0.1) is 5.92 Å². The predicted octanol–water partition coefficient (Wildman–Crippen LogP) is 2.14. The molecule has 2 N–H and O–H groups in total. The molecule has 0 unspecified atom stereocenters. The molecule has 4 nitrogen and oxygen atoms in total. The number of amides is 3. The van der Waals surface area contributed by atoms with Crippen molar-refractivity contribution in [2.45, 2.75) is 57.1 Å². The van der Waals surface area contributed by atoms with E-state index in [0.29, 0.717) is 11.2 Å². The molecule has 0 aliphatic heterocycles. The molecule has 0 aromatic rings. The minimum atomic E-state index is -0.359. The van der Waals surface area contributed by atoms with E-state index >= 15 is 0 Å². The molecule has 0 aromatic carbocycles. The summed E-state index contributed by atoms with van der Waals surface area (Å²) in [6, 6.07) is -0.0810. The zero-order valence-electron chi connectivity index (χ0n) is 10.9. The number of hydrogen-bond acceptors (Lipinski definition) is 3. The van der Waals surface area contributed by atoms with Crippen molar-refractivity contribution in [2.24, 2.45) is 5.92 Å². The van der Waals surface area contributed by atoms with Crippen LogP contribution in [0.1, 0.15) is 40.5 Å². The fraction of sp³-hybridized carbons (Fsp3) is 0.833. The average Bonchev–Trinajstić information content (AvgIpc) is 3.00. The van der Waals surface area contributed by atoms with Crippen molar-refractivity contribution < 1.29 is 9.59 Å². The van der Waals surface area contributed by atoms with Gasteiger partial charge in [0.25, 0.3) is 0 Å². The number of hydrogen-bond donors (Lipinski definition) is 2. The van der Waals surface area contributed by atoms with Gasteiger partial charge in [0.2, 0.25) is 5.91 Å². The molecular formula is C12H22N2O2S.